The van der Waals surface area contributed by atoms with E-state index >= 15 is 0 Å². The van der Waals surface area contributed by atoms with Gasteiger partial charge in [-0.1, -0.05) is 0 Å². The van der Waals surface area contributed by atoms with Gasteiger partial charge in [-0.3, -0.25) is 4.90 Å². The van der Waals surface area contributed by atoms with E-state index in [4.69, 9.17) is 11.6 Å². The van der Waals surface area contributed by atoms with E-state index in [2.05, 4.69) is 4.98 Å². The Bertz CT molecular complexity index is 459. The molecule has 0 aliphatic carbocycles. The number of alkyl halides is 4. The fourth-order valence-corrected chi connectivity index (χ4v) is 2.37. The van der Waals surface area contributed by atoms with Gasteiger partial charge in [0.25, 0.3) is 0 Å². The van der Waals surface area contributed by atoms with Crippen molar-refractivity contribution in [3.8, 4) is 0 Å². The largest absolute Gasteiger partial charge is 0.401 e. The van der Waals surface area contributed by atoms with E-state index in [1.165, 1.54) is 17.2 Å². The topological polar surface area (TPSA) is 19.4 Å². The van der Waals surface area contributed by atoms with Crippen molar-refractivity contribution in [3.05, 3.63) is 23.6 Å². The molecule has 8 heteroatoms. The Morgan fingerprint density at radius 1 is 1.20 bits per heavy atom. The predicted octanol–water partition coefficient (Wildman–Crippen LogP) is 2.64. The van der Waals surface area contributed by atoms with Crippen LogP contribution in [-0.4, -0.2) is 48.8 Å². The normalized spacial score (nSPS) is 17.6. The van der Waals surface area contributed by atoms with Gasteiger partial charge in [-0.15, -0.1) is 11.6 Å². The van der Waals surface area contributed by atoms with Crippen LogP contribution in [0.15, 0.2) is 12.3 Å². The molecule has 0 bridgehead atoms. The van der Waals surface area contributed by atoms with Gasteiger partial charge in [-0.05, 0) is 6.07 Å². The van der Waals surface area contributed by atoms with Crippen molar-refractivity contribution in [3.63, 3.8) is 0 Å². The SMILES string of the molecule is Fc1c(CCl)ccnc1N1CCN(CC(F)(F)F)CC1. The fourth-order valence-electron chi connectivity index (χ4n) is 2.17. The minimum absolute atomic E-state index is 0.0371. The Morgan fingerprint density at radius 3 is 2.40 bits per heavy atom. The number of halogens is 5. The lowest BCUT2D eigenvalue weighted by molar-refractivity contribution is -0.146. The zero-order valence-corrected chi connectivity index (χ0v) is 11.4. The molecule has 0 atom stereocenters. The molecule has 0 N–H and O–H groups in total. The summed E-state index contributed by atoms with van der Waals surface area (Å²) in [7, 11) is 0. The van der Waals surface area contributed by atoms with E-state index < -0.39 is 18.5 Å². The van der Waals surface area contributed by atoms with Crippen LogP contribution in [0.1, 0.15) is 5.56 Å². The molecule has 1 aliphatic heterocycles. The van der Waals surface area contributed by atoms with E-state index in [1.54, 1.807) is 4.90 Å². The molecule has 2 heterocycles. The van der Waals surface area contributed by atoms with Gasteiger partial charge < -0.3 is 4.90 Å². The standard InChI is InChI=1S/C12H14ClF4N3/c13-7-9-1-2-18-11(10(9)14)20-5-3-19(4-6-20)8-12(15,16)17/h1-2H,3-8H2. The van der Waals surface area contributed by atoms with E-state index in [1.807, 2.05) is 0 Å². The summed E-state index contributed by atoms with van der Waals surface area (Å²) in [4.78, 5) is 6.92. The van der Waals surface area contributed by atoms with Crippen LogP contribution in [0.25, 0.3) is 0 Å². The van der Waals surface area contributed by atoms with Crippen molar-refractivity contribution < 1.29 is 17.6 Å². The van der Waals surface area contributed by atoms with Crippen molar-refractivity contribution in [1.29, 1.82) is 0 Å². The Labute approximate surface area is 119 Å². The van der Waals surface area contributed by atoms with Crippen molar-refractivity contribution in [2.24, 2.45) is 0 Å². The highest BCUT2D eigenvalue weighted by Gasteiger charge is 2.32. The summed E-state index contributed by atoms with van der Waals surface area (Å²) in [6.45, 7) is 0.146. The van der Waals surface area contributed by atoms with E-state index in [-0.39, 0.29) is 24.8 Å². The first-order valence-electron chi connectivity index (χ1n) is 6.14. The molecule has 0 aromatic carbocycles. The first kappa shape index (κ1) is 15.3. The third-order valence-electron chi connectivity index (χ3n) is 3.17. The first-order chi connectivity index (χ1) is 9.40. The lowest BCUT2D eigenvalue weighted by Gasteiger charge is -2.35. The number of piperazine rings is 1. The molecule has 1 fully saturated rings. The molecular formula is C12H14ClF4N3. The highest BCUT2D eigenvalue weighted by atomic mass is 35.5. The molecule has 1 aromatic rings. The number of aromatic nitrogens is 1. The van der Waals surface area contributed by atoms with Gasteiger partial charge in [0.1, 0.15) is 0 Å². The zero-order valence-electron chi connectivity index (χ0n) is 10.6. The second kappa shape index (κ2) is 6.13. The van der Waals surface area contributed by atoms with Gasteiger partial charge in [0, 0.05) is 37.9 Å². The summed E-state index contributed by atoms with van der Waals surface area (Å²) in [6, 6.07) is 1.49. The second-order valence-corrected chi connectivity index (χ2v) is 4.89. The number of hydrogen-bond acceptors (Lipinski definition) is 3. The molecule has 3 nitrogen and oxygen atoms in total. The minimum Gasteiger partial charge on any atom is -0.352 e. The van der Waals surface area contributed by atoms with Crippen LogP contribution in [0.3, 0.4) is 0 Å². The van der Waals surface area contributed by atoms with Crippen LogP contribution >= 0.6 is 11.6 Å². The summed E-state index contributed by atoms with van der Waals surface area (Å²) in [6.07, 6.45) is -2.75. The van der Waals surface area contributed by atoms with Crippen molar-refractivity contribution >= 4 is 17.4 Å². The molecule has 1 aromatic heterocycles. The van der Waals surface area contributed by atoms with Gasteiger partial charge in [0.15, 0.2) is 11.6 Å². The van der Waals surface area contributed by atoms with Crippen molar-refractivity contribution in [2.75, 3.05) is 37.6 Å². The second-order valence-electron chi connectivity index (χ2n) is 4.62. The van der Waals surface area contributed by atoms with Crippen LogP contribution in [0.4, 0.5) is 23.4 Å². The fraction of sp³-hybridized carbons (Fsp3) is 0.583. The first-order valence-corrected chi connectivity index (χ1v) is 6.67. The van der Waals surface area contributed by atoms with E-state index in [9.17, 15) is 17.6 Å². The molecule has 0 saturated carbocycles. The van der Waals surface area contributed by atoms with Crippen LogP contribution in [0, 0.1) is 5.82 Å². The molecular weight excluding hydrogens is 298 g/mol. The summed E-state index contributed by atoms with van der Waals surface area (Å²) < 4.78 is 50.9. The van der Waals surface area contributed by atoms with E-state index in [0.29, 0.717) is 18.7 Å². The van der Waals surface area contributed by atoms with Gasteiger partial charge in [0.05, 0.1) is 12.4 Å². The molecule has 0 unspecified atom stereocenters. The number of nitrogens with zero attached hydrogens (tertiary/aromatic N) is 3. The van der Waals surface area contributed by atoms with Crippen LogP contribution in [-0.2, 0) is 5.88 Å². The number of anilines is 1. The van der Waals surface area contributed by atoms with Crippen molar-refractivity contribution in [2.45, 2.75) is 12.1 Å². The quantitative estimate of drug-likeness (QED) is 0.632. The molecule has 20 heavy (non-hydrogen) atoms. The maximum absolute atomic E-state index is 14.0. The molecule has 0 radical (unpaired) electrons. The smallest absolute Gasteiger partial charge is 0.352 e. The Kier molecular flexibility index (Phi) is 4.70. The summed E-state index contributed by atoms with van der Waals surface area (Å²) in [5, 5.41) is 0. The Balaban J connectivity index is 2.01. The zero-order chi connectivity index (χ0) is 14.8. The summed E-state index contributed by atoms with van der Waals surface area (Å²) in [5.41, 5.74) is 0.342. The Morgan fingerprint density at radius 2 is 1.85 bits per heavy atom. The van der Waals surface area contributed by atoms with Crippen LogP contribution < -0.4 is 4.90 Å². The van der Waals surface area contributed by atoms with Gasteiger partial charge >= 0.3 is 6.18 Å². The van der Waals surface area contributed by atoms with Gasteiger partial charge in [-0.25, -0.2) is 9.37 Å². The monoisotopic (exact) mass is 311 g/mol. The van der Waals surface area contributed by atoms with Crippen LogP contribution in [0.2, 0.25) is 0 Å². The highest BCUT2D eigenvalue weighted by Crippen LogP contribution is 2.23. The third-order valence-corrected chi connectivity index (χ3v) is 3.46. The average molecular weight is 312 g/mol. The number of hydrogen-bond donors (Lipinski definition) is 0. The maximum Gasteiger partial charge on any atom is 0.401 e. The molecule has 1 saturated heterocycles. The molecule has 2 rings (SSSR count). The van der Waals surface area contributed by atoms with Crippen molar-refractivity contribution in [1.82, 2.24) is 9.88 Å². The number of pyridine rings is 1. The lowest BCUT2D eigenvalue weighted by atomic mass is 10.2. The number of rotatable bonds is 3. The maximum atomic E-state index is 14.0. The molecule has 0 spiro atoms. The molecule has 1 aliphatic rings. The Hall–Kier alpha value is -1.08. The van der Waals surface area contributed by atoms with Gasteiger partial charge in [0.2, 0.25) is 0 Å². The molecule has 112 valence electrons. The average Bonchev–Trinajstić information content (AvgIpc) is 2.38. The summed E-state index contributed by atoms with van der Waals surface area (Å²) in [5.74, 6) is -0.295. The summed E-state index contributed by atoms with van der Waals surface area (Å²) >= 11 is 5.62. The van der Waals surface area contributed by atoms with E-state index in [0.717, 1.165) is 0 Å². The third kappa shape index (κ3) is 3.73. The highest BCUT2D eigenvalue weighted by molar-refractivity contribution is 6.17. The van der Waals surface area contributed by atoms with Crippen LogP contribution in [0.5, 0.6) is 0 Å². The predicted molar refractivity (Wildman–Crippen MR) is 68.5 cm³/mol. The molecule has 0 amide bonds. The van der Waals surface area contributed by atoms with Gasteiger partial charge in [-0.2, -0.15) is 13.2 Å². The minimum atomic E-state index is -4.20. The lowest BCUT2D eigenvalue weighted by Crippen LogP contribution is -2.49.